The molecule has 4 nitrogen and oxygen atoms in total. The molecule has 0 spiro atoms. The fraction of sp³-hybridized carbons (Fsp3) is 0.692. The van der Waals surface area contributed by atoms with E-state index in [1.54, 1.807) is 11.0 Å². The summed E-state index contributed by atoms with van der Waals surface area (Å²) in [6.07, 6.45) is 4.08. The van der Waals surface area contributed by atoms with Crippen LogP contribution in [-0.4, -0.2) is 35.5 Å². The van der Waals surface area contributed by atoms with E-state index in [1.165, 1.54) is 6.92 Å². The van der Waals surface area contributed by atoms with Gasteiger partial charge in [0.1, 0.15) is 5.60 Å². The summed E-state index contributed by atoms with van der Waals surface area (Å²) in [4.78, 5) is 24.3. The number of allylic oxidation sites excluding steroid dienone is 1. The van der Waals surface area contributed by atoms with Crippen LogP contribution in [0.4, 0.5) is 4.79 Å². The number of ketones is 1. The van der Waals surface area contributed by atoms with Crippen molar-refractivity contribution in [3.8, 4) is 0 Å². The van der Waals surface area contributed by atoms with Gasteiger partial charge in [-0.1, -0.05) is 6.08 Å². The summed E-state index contributed by atoms with van der Waals surface area (Å²) in [6, 6.07) is 0. The number of nitrogens with zero attached hydrogens (tertiary/aromatic N) is 1. The second-order valence-electron chi connectivity index (χ2n) is 5.44. The number of likely N-dealkylation sites (tertiary alicyclic amines) is 1. The number of carbonyl (C=O) groups is 2. The quantitative estimate of drug-likeness (QED) is 0.695. The lowest BCUT2D eigenvalue weighted by Crippen LogP contribution is -2.35. The number of hydrogen-bond acceptors (Lipinski definition) is 3. The zero-order chi connectivity index (χ0) is 13.1. The highest BCUT2D eigenvalue weighted by Gasteiger charge is 2.28. The normalized spacial score (nSPS) is 20.9. The molecule has 4 heteroatoms. The van der Waals surface area contributed by atoms with Crippen LogP contribution in [0.5, 0.6) is 0 Å². The third kappa shape index (κ3) is 5.02. The monoisotopic (exact) mass is 239 g/mol. The molecule has 1 aliphatic heterocycles. The lowest BCUT2D eigenvalue weighted by atomic mass is 10.1. The van der Waals surface area contributed by atoms with Gasteiger partial charge in [-0.2, -0.15) is 0 Å². The second kappa shape index (κ2) is 5.34. The molecule has 1 fully saturated rings. The Bertz CT molecular complexity index is 328. The van der Waals surface area contributed by atoms with Crippen LogP contribution in [0.25, 0.3) is 0 Å². The van der Waals surface area contributed by atoms with Crippen molar-refractivity contribution in [2.75, 3.05) is 13.1 Å². The predicted molar refractivity (Wildman–Crippen MR) is 65.7 cm³/mol. The lowest BCUT2D eigenvalue weighted by Gasteiger charge is -2.24. The molecule has 0 radical (unpaired) electrons. The largest absolute Gasteiger partial charge is 0.444 e. The smallest absolute Gasteiger partial charge is 0.410 e. The Kier molecular flexibility index (Phi) is 4.32. The summed E-state index contributed by atoms with van der Waals surface area (Å²) >= 11 is 0. The van der Waals surface area contributed by atoms with Crippen molar-refractivity contribution in [3.05, 3.63) is 12.2 Å². The first-order valence-electron chi connectivity index (χ1n) is 5.94. The minimum Gasteiger partial charge on any atom is -0.444 e. The second-order valence-corrected chi connectivity index (χ2v) is 5.44. The molecule has 0 N–H and O–H groups in total. The molecule has 0 aromatic carbocycles. The first kappa shape index (κ1) is 13.7. The van der Waals surface area contributed by atoms with Crippen LogP contribution in [0.1, 0.15) is 34.1 Å². The van der Waals surface area contributed by atoms with E-state index in [2.05, 4.69) is 0 Å². The number of amides is 1. The molecule has 1 rings (SSSR count). The van der Waals surface area contributed by atoms with Crippen LogP contribution in [0, 0.1) is 5.92 Å². The van der Waals surface area contributed by atoms with Crippen LogP contribution >= 0.6 is 0 Å². The van der Waals surface area contributed by atoms with Crippen molar-refractivity contribution in [2.24, 2.45) is 5.92 Å². The zero-order valence-electron chi connectivity index (χ0n) is 11.0. The zero-order valence-corrected chi connectivity index (χ0v) is 11.0. The third-order valence-electron chi connectivity index (χ3n) is 2.48. The van der Waals surface area contributed by atoms with E-state index >= 15 is 0 Å². The van der Waals surface area contributed by atoms with Crippen molar-refractivity contribution in [2.45, 2.75) is 39.7 Å². The van der Waals surface area contributed by atoms with E-state index in [1.807, 2.05) is 26.8 Å². The number of ether oxygens (including phenoxy) is 1. The van der Waals surface area contributed by atoms with Crippen molar-refractivity contribution in [1.82, 2.24) is 4.90 Å². The van der Waals surface area contributed by atoms with Crippen molar-refractivity contribution in [1.29, 1.82) is 0 Å². The fourth-order valence-corrected chi connectivity index (χ4v) is 1.71. The van der Waals surface area contributed by atoms with Gasteiger partial charge in [0.25, 0.3) is 0 Å². The molecule has 0 bridgehead atoms. The van der Waals surface area contributed by atoms with Gasteiger partial charge in [0, 0.05) is 13.1 Å². The third-order valence-corrected chi connectivity index (χ3v) is 2.48. The van der Waals surface area contributed by atoms with Gasteiger partial charge in [-0.05, 0) is 46.1 Å². The Morgan fingerprint density at radius 3 is 2.53 bits per heavy atom. The average Bonchev–Trinajstić information content (AvgIpc) is 2.60. The molecule has 1 atom stereocenters. The Hall–Kier alpha value is -1.32. The van der Waals surface area contributed by atoms with Crippen molar-refractivity contribution >= 4 is 11.9 Å². The topological polar surface area (TPSA) is 46.6 Å². The van der Waals surface area contributed by atoms with Crippen LogP contribution in [0.3, 0.4) is 0 Å². The molecule has 1 aliphatic rings. The molecule has 0 aliphatic carbocycles. The summed E-state index contributed by atoms with van der Waals surface area (Å²) in [7, 11) is 0. The van der Waals surface area contributed by atoms with Gasteiger partial charge in [0.05, 0.1) is 0 Å². The number of hydrogen-bond donors (Lipinski definition) is 0. The molecule has 0 aromatic heterocycles. The van der Waals surface area contributed by atoms with Crippen LogP contribution in [0.2, 0.25) is 0 Å². The van der Waals surface area contributed by atoms with E-state index < -0.39 is 5.60 Å². The summed E-state index contributed by atoms with van der Waals surface area (Å²) < 4.78 is 5.29. The standard InChI is InChI=1S/C13H21NO3/c1-10(15)5-6-11-7-8-14(9-11)12(16)17-13(2,3)4/h5-6,11H,7-9H2,1-4H3. The summed E-state index contributed by atoms with van der Waals surface area (Å²) in [5.74, 6) is 0.312. The van der Waals surface area contributed by atoms with Crippen LogP contribution < -0.4 is 0 Å². The fourth-order valence-electron chi connectivity index (χ4n) is 1.71. The average molecular weight is 239 g/mol. The number of carbonyl (C=O) groups excluding carboxylic acids is 2. The van der Waals surface area contributed by atoms with E-state index in [0.717, 1.165) is 6.42 Å². The Morgan fingerprint density at radius 1 is 1.35 bits per heavy atom. The minimum atomic E-state index is -0.454. The van der Waals surface area contributed by atoms with Gasteiger partial charge >= 0.3 is 6.09 Å². The predicted octanol–water partition coefficient (Wildman–Crippen LogP) is 2.39. The maximum absolute atomic E-state index is 11.8. The molecule has 1 unspecified atom stereocenters. The molecule has 1 amide bonds. The van der Waals surface area contributed by atoms with Gasteiger partial charge in [-0.25, -0.2) is 4.79 Å². The molecule has 96 valence electrons. The molecular formula is C13H21NO3. The Balaban J connectivity index is 2.45. The van der Waals surface area contributed by atoms with E-state index in [-0.39, 0.29) is 17.8 Å². The van der Waals surface area contributed by atoms with Gasteiger partial charge in [0.15, 0.2) is 5.78 Å². The SMILES string of the molecule is CC(=O)C=CC1CCN(C(=O)OC(C)(C)C)C1. The molecule has 0 saturated carbocycles. The van der Waals surface area contributed by atoms with Gasteiger partial charge in [-0.15, -0.1) is 0 Å². The Labute approximate surface area is 103 Å². The first-order chi connectivity index (χ1) is 7.78. The highest BCUT2D eigenvalue weighted by Crippen LogP contribution is 2.20. The molecule has 1 saturated heterocycles. The number of rotatable bonds is 2. The molecule has 1 heterocycles. The highest BCUT2D eigenvalue weighted by atomic mass is 16.6. The molecule has 0 aromatic rings. The van der Waals surface area contributed by atoms with Gasteiger partial charge in [-0.3, -0.25) is 4.79 Å². The maximum atomic E-state index is 11.8. The maximum Gasteiger partial charge on any atom is 0.410 e. The highest BCUT2D eigenvalue weighted by molar-refractivity contribution is 5.87. The van der Waals surface area contributed by atoms with E-state index in [9.17, 15) is 9.59 Å². The lowest BCUT2D eigenvalue weighted by molar-refractivity contribution is -0.112. The van der Waals surface area contributed by atoms with Crippen LogP contribution in [-0.2, 0) is 9.53 Å². The van der Waals surface area contributed by atoms with Crippen molar-refractivity contribution < 1.29 is 14.3 Å². The summed E-state index contributed by atoms with van der Waals surface area (Å²) in [6.45, 7) is 8.42. The van der Waals surface area contributed by atoms with Crippen molar-refractivity contribution in [3.63, 3.8) is 0 Å². The van der Waals surface area contributed by atoms with Crippen LogP contribution in [0.15, 0.2) is 12.2 Å². The molecular weight excluding hydrogens is 218 g/mol. The van der Waals surface area contributed by atoms with Gasteiger partial charge < -0.3 is 9.64 Å². The van der Waals surface area contributed by atoms with E-state index in [0.29, 0.717) is 13.1 Å². The minimum absolute atomic E-state index is 0.0423. The Morgan fingerprint density at radius 2 is 2.00 bits per heavy atom. The first-order valence-corrected chi connectivity index (χ1v) is 5.94. The molecule has 17 heavy (non-hydrogen) atoms. The van der Waals surface area contributed by atoms with E-state index in [4.69, 9.17) is 4.74 Å². The van der Waals surface area contributed by atoms with Gasteiger partial charge in [0.2, 0.25) is 0 Å². The summed E-state index contributed by atoms with van der Waals surface area (Å²) in [5, 5.41) is 0. The summed E-state index contributed by atoms with van der Waals surface area (Å²) in [5.41, 5.74) is -0.454.